The Kier molecular flexibility index (Phi) is 8.42. The number of fused-ring (bicyclic) bond motifs is 1. The lowest BCUT2D eigenvalue weighted by atomic mass is 9.54. The minimum Gasteiger partial charge on any atom is -0.378 e. The van der Waals surface area contributed by atoms with E-state index in [4.69, 9.17) is 10.5 Å². The van der Waals surface area contributed by atoms with Crippen LogP contribution in [0, 0.1) is 5.41 Å². The number of nitrogens with one attached hydrogen (secondary N) is 1. The van der Waals surface area contributed by atoms with Crippen molar-refractivity contribution in [2.24, 2.45) is 11.1 Å². The number of nitrogens with two attached hydrogens (primary N) is 1. The zero-order valence-corrected chi connectivity index (χ0v) is 18.1. The van der Waals surface area contributed by atoms with E-state index >= 15 is 0 Å². The number of carbonyl (C=O) groups is 1. The topological polar surface area (TPSA) is 67.6 Å². The van der Waals surface area contributed by atoms with Gasteiger partial charge in [-0.3, -0.25) is 4.79 Å². The summed E-state index contributed by atoms with van der Waals surface area (Å²) in [6, 6.07) is 8.56. The number of amides is 1. The van der Waals surface area contributed by atoms with Crippen LogP contribution in [0.15, 0.2) is 24.3 Å². The highest BCUT2D eigenvalue weighted by molar-refractivity contribution is 5.88. The zero-order valence-electron chi connectivity index (χ0n) is 16.5. The molecule has 1 aliphatic carbocycles. The van der Waals surface area contributed by atoms with E-state index < -0.39 is 5.54 Å². The van der Waals surface area contributed by atoms with E-state index in [1.807, 2.05) is 20.8 Å². The number of benzene rings is 1. The number of hydrogen-bond donors (Lipinski definition) is 2. The number of para-hydroxylation sites is 1. The van der Waals surface area contributed by atoms with E-state index in [2.05, 4.69) is 34.5 Å². The van der Waals surface area contributed by atoms with Gasteiger partial charge in [0.25, 0.3) is 0 Å². The molecule has 154 valence electrons. The second-order valence-corrected chi connectivity index (χ2v) is 7.82. The Hall–Kier alpha value is -1.01. The van der Waals surface area contributed by atoms with Crippen LogP contribution in [0.5, 0.6) is 0 Å². The van der Waals surface area contributed by atoms with Crippen LogP contribution in [-0.4, -0.2) is 43.8 Å². The lowest BCUT2D eigenvalue weighted by Crippen LogP contribution is -2.75. The summed E-state index contributed by atoms with van der Waals surface area (Å²) in [4.78, 5) is 15.0. The van der Waals surface area contributed by atoms with Gasteiger partial charge in [-0.05, 0) is 31.4 Å². The maximum Gasteiger partial charge on any atom is 0.240 e. The molecule has 2 unspecified atom stereocenters. The minimum atomic E-state index is -0.826. The molecule has 1 aliphatic heterocycles. The number of ether oxygens (including phenoxy) is 1. The first-order valence-corrected chi connectivity index (χ1v) is 9.42. The molecular weight excluding hydrogens is 385 g/mol. The number of anilines is 1. The molecule has 1 aromatic rings. The van der Waals surface area contributed by atoms with E-state index in [0.717, 1.165) is 25.9 Å². The Morgan fingerprint density at radius 3 is 2.70 bits per heavy atom. The van der Waals surface area contributed by atoms with Gasteiger partial charge in [-0.2, -0.15) is 0 Å². The molecule has 1 amide bonds. The largest absolute Gasteiger partial charge is 0.378 e. The average Bonchev–Trinajstić information content (AvgIpc) is 3.01. The van der Waals surface area contributed by atoms with Crippen LogP contribution in [0.2, 0.25) is 0 Å². The van der Waals surface area contributed by atoms with Crippen molar-refractivity contribution >= 4 is 36.4 Å². The molecule has 2 atom stereocenters. The molecule has 1 aromatic carbocycles. The first-order valence-electron chi connectivity index (χ1n) is 9.42. The maximum atomic E-state index is 12.6. The first kappa shape index (κ1) is 24.0. The number of carbonyl (C=O) groups excluding carboxylic acids is 1. The van der Waals surface area contributed by atoms with Gasteiger partial charge in [-0.25, -0.2) is 0 Å². The standard InChI is InChI=1S/C20H31N3O2.2ClH/c1-4-25-17-14-20(21,19(17,2)3)18(24)22-11-7-12-23-13-10-15-8-5-6-9-16(15)23;;/h5-6,8-9,17H,4,7,10-14,21H2,1-3H3,(H,22,24);2*1H. The van der Waals surface area contributed by atoms with Crippen molar-refractivity contribution in [3.05, 3.63) is 29.8 Å². The van der Waals surface area contributed by atoms with Crippen LogP contribution in [0.1, 0.15) is 39.2 Å². The molecule has 7 heteroatoms. The Morgan fingerprint density at radius 2 is 2.04 bits per heavy atom. The third-order valence-corrected chi connectivity index (χ3v) is 6.11. The molecule has 0 radical (unpaired) electrons. The number of hydrogen-bond acceptors (Lipinski definition) is 4. The summed E-state index contributed by atoms with van der Waals surface area (Å²) in [6.45, 7) is 9.37. The van der Waals surface area contributed by atoms with Gasteiger partial charge in [-0.15, -0.1) is 24.8 Å². The van der Waals surface area contributed by atoms with Crippen molar-refractivity contribution in [1.82, 2.24) is 5.32 Å². The summed E-state index contributed by atoms with van der Waals surface area (Å²) < 4.78 is 5.70. The monoisotopic (exact) mass is 417 g/mol. The van der Waals surface area contributed by atoms with Gasteiger partial charge in [-0.1, -0.05) is 32.0 Å². The molecule has 3 N–H and O–H groups in total. The highest BCUT2D eigenvalue weighted by Crippen LogP contribution is 2.49. The van der Waals surface area contributed by atoms with Gasteiger partial charge in [0.05, 0.1) is 6.10 Å². The third-order valence-electron chi connectivity index (χ3n) is 6.11. The number of rotatable bonds is 7. The lowest BCUT2D eigenvalue weighted by molar-refractivity contribution is -0.170. The summed E-state index contributed by atoms with van der Waals surface area (Å²) in [6.07, 6.45) is 2.70. The van der Waals surface area contributed by atoms with Crippen LogP contribution in [-0.2, 0) is 16.0 Å². The summed E-state index contributed by atoms with van der Waals surface area (Å²) >= 11 is 0. The molecule has 0 bridgehead atoms. The van der Waals surface area contributed by atoms with Crippen LogP contribution < -0.4 is 16.0 Å². The first-order chi connectivity index (χ1) is 11.9. The molecule has 1 heterocycles. The minimum absolute atomic E-state index is 0. The molecule has 5 nitrogen and oxygen atoms in total. The zero-order chi connectivity index (χ0) is 18.1. The van der Waals surface area contributed by atoms with Gasteiger partial charge in [0.1, 0.15) is 5.54 Å². The van der Waals surface area contributed by atoms with Crippen molar-refractivity contribution in [2.45, 2.75) is 51.7 Å². The van der Waals surface area contributed by atoms with Crippen LogP contribution >= 0.6 is 24.8 Å². The lowest BCUT2D eigenvalue weighted by Gasteiger charge is -2.57. The average molecular weight is 418 g/mol. The molecule has 3 rings (SSSR count). The fraction of sp³-hybridized carbons (Fsp3) is 0.650. The van der Waals surface area contributed by atoms with Gasteiger partial charge in [0, 0.05) is 43.8 Å². The van der Waals surface area contributed by atoms with Gasteiger partial charge < -0.3 is 20.7 Å². The van der Waals surface area contributed by atoms with Crippen molar-refractivity contribution in [2.75, 3.05) is 31.1 Å². The van der Waals surface area contributed by atoms with Crippen LogP contribution in [0.25, 0.3) is 0 Å². The molecule has 0 spiro atoms. The fourth-order valence-electron chi connectivity index (χ4n) is 4.09. The number of nitrogens with zero attached hydrogens (tertiary/aromatic N) is 1. The fourth-order valence-corrected chi connectivity index (χ4v) is 4.09. The molecule has 27 heavy (non-hydrogen) atoms. The summed E-state index contributed by atoms with van der Waals surface area (Å²) in [7, 11) is 0. The smallest absolute Gasteiger partial charge is 0.240 e. The Bertz CT molecular complexity index is 641. The van der Waals surface area contributed by atoms with Crippen molar-refractivity contribution < 1.29 is 9.53 Å². The second kappa shape index (κ2) is 9.46. The molecule has 2 aliphatic rings. The molecular formula is C20H33Cl2N3O2. The quantitative estimate of drug-likeness (QED) is 0.669. The highest BCUT2D eigenvalue weighted by atomic mass is 35.5. The molecule has 0 aromatic heterocycles. The third kappa shape index (κ3) is 4.37. The van der Waals surface area contributed by atoms with E-state index in [9.17, 15) is 4.79 Å². The van der Waals surface area contributed by atoms with Crippen molar-refractivity contribution in [3.63, 3.8) is 0 Å². The predicted octanol–water partition coefficient (Wildman–Crippen LogP) is 2.93. The van der Waals surface area contributed by atoms with E-state index in [1.165, 1.54) is 11.3 Å². The Morgan fingerprint density at radius 1 is 1.33 bits per heavy atom. The molecule has 1 fully saturated rings. The van der Waals surface area contributed by atoms with E-state index in [-0.39, 0.29) is 42.2 Å². The Labute approximate surface area is 175 Å². The number of halogens is 2. The maximum absolute atomic E-state index is 12.6. The Balaban J connectivity index is 0.00000182. The SMILES string of the molecule is CCOC1CC(N)(C(=O)NCCCN2CCc3ccccc32)C1(C)C.Cl.Cl. The summed E-state index contributed by atoms with van der Waals surface area (Å²) in [5.41, 5.74) is 8.01. The van der Waals surface area contributed by atoms with Crippen molar-refractivity contribution in [3.8, 4) is 0 Å². The van der Waals surface area contributed by atoms with Gasteiger partial charge in [0.2, 0.25) is 5.91 Å². The predicted molar refractivity (Wildman–Crippen MR) is 115 cm³/mol. The summed E-state index contributed by atoms with van der Waals surface area (Å²) in [5.74, 6) is -0.0460. The molecule has 1 saturated carbocycles. The highest BCUT2D eigenvalue weighted by Gasteiger charge is 2.62. The second-order valence-electron chi connectivity index (χ2n) is 7.82. The van der Waals surface area contributed by atoms with E-state index in [0.29, 0.717) is 19.6 Å². The van der Waals surface area contributed by atoms with Crippen molar-refractivity contribution in [1.29, 1.82) is 0 Å². The normalized spacial score (nSPS) is 24.9. The van der Waals surface area contributed by atoms with Crippen LogP contribution in [0.3, 0.4) is 0 Å². The van der Waals surface area contributed by atoms with Gasteiger partial charge in [0.15, 0.2) is 0 Å². The molecule has 0 saturated heterocycles. The summed E-state index contributed by atoms with van der Waals surface area (Å²) in [5, 5.41) is 3.05. The van der Waals surface area contributed by atoms with Gasteiger partial charge >= 0.3 is 0 Å². The van der Waals surface area contributed by atoms with Crippen LogP contribution in [0.4, 0.5) is 5.69 Å². The van der Waals surface area contributed by atoms with E-state index in [1.54, 1.807) is 0 Å².